The number of benzene rings is 4. The third-order valence-corrected chi connectivity index (χ3v) is 5.16. The van der Waals surface area contributed by atoms with Gasteiger partial charge in [-0.2, -0.15) is 0 Å². The lowest BCUT2D eigenvalue weighted by Gasteiger charge is -2.26. The van der Waals surface area contributed by atoms with Crippen LogP contribution in [0, 0.1) is 0 Å². The Morgan fingerprint density at radius 2 is 0.821 bits per heavy atom. The first-order valence-corrected chi connectivity index (χ1v) is 9.80. The molecule has 0 aliphatic heterocycles. The minimum atomic E-state index is 0.242. The van der Waals surface area contributed by atoms with Crippen molar-refractivity contribution in [2.24, 2.45) is 0 Å². The maximum absolute atomic E-state index is 2.36. The Balaban J connectivity index is 1.83. The van der Waals surface area contributed by atoms with Gasteiger partial charge in [0.25, 0.3) is 0 Å². The zero-order valence-electron chi connectivity index (χ0n) is 15.9. The summed E-state index contributed by atoms with van der Waals surface area (Å²) in [6, 6.07) is 43.0. The van der Waals surface area contributed by atoms with Gasteiger partial charge in [-0.15, -0.1) is 0 Å². The molecule has 0 amide bonds. The maximum Gasteiger partial charge on any atom is 0.0193 e. The van der Waals surface area contributed by atoms with Crippen molar-refractivity contribution in [1.82, 2.24) is 0 Å². The number of allylic oxidation sites excluding steroid dienone is 1. The van der Waals surface area contributed by atoms with Crippen LogP contribution >= 0.6 is 0 Å². The first-order valence-electron chi connectivity index (χ1n) is 9.80. The second kappa shape index (κ2) is 9.01. The molecule has 0 saturated carbocycles. The molecule has 0 aliphatic rings. The molecule has 0 bridgehead atoms. The molecular weight excluding hydrogens is 336 g/mol. The molecular formula is C28H24. The molecule has 0 heterocycles. The lowest BCUT2D eigenvalue weighted by Crippen LogP contribution is -2.11. The van der Waals surface area contributed by atoms with E-state index in [1.165, 1.54) is 22.3 Å². The second-order valence-electron chi connectivity index (χ2n) is 7.01. The van der Waals surface area contributed by atoms with E-state index in [0.717, 1.165) is 0 Å². The Morgan fingerprint density at radius 1 is 0.429 bits per heavy atom. The van der Waals surface area contributed by atoms with Gasteiger partial charge in [-0.25, -0.2) is 0 Å². The van der Waals surface area contributed by atoms with Gasteiger partial charge in [0.15, 0.2) is 0 Å². The SMILES string of the molecule is C(=C\C(c1ccccc1)C(c1ccccc1)c1ccccc1)/c1ccccc1. The van der Waals surface area contributed by atoms with Crippen LogP contribution in [0.1, 0.15) is 34.1 Å². The molecule has 1 atom stereocenters. The van der Waals surface area contributed by atoms with Crippen molar-refractivity contribution in [1.29, 1.82) is 0 Å². The van der Waals surface area contributed by atoms with Crippen molar-refractivity contribution in [3.63, 3.8) is 0 Å². The quantitative estimate of drug-likeness (QED) is 0.338. The fourth-order valence-electron chi connectivity index (χ4n) is 3.80. The summed E-state index contributed by atoms with van der Waals surface area (Å²) in [6.45, 7) is 0. The van der Waals surface area contributed by atoms with E-state index < -0.39 is 0 Å². The first-order chi connectivity index (χ1) is 13.9. The van der Waals surface area contributed by atoms with Gasteiger partial charge in [0.1, 0.15) is 0 Å². The van der Waals surface area contributed by atoms with E-state index in [1.54, 1.807) is 0 Å². The Bertz CT molecular complexity index is 947. The van der Waals surface area contributed by atoms with Crippen LogP contribution in [0.15, 0.2) is 127 Å². The lowest BCUT2D eigenvalue weighted by atomic mass is 9.77. The van der Waals surface area contributed by atoms with Crippen molar-refractivity contribution in [3.05, 3.63) is 150 Å². The Hall–Kier alpha value is -3.38. The smallest absolute Gasteiger partial charge is 0.0193 e. The topological polar surface area (TPSA) is 0 Å². The average Bonchev–Trinajstić information content (AvgIpc) is 2.79. The summed E-state index contributed by atoms with van der Waals surface area (Å²) in [6.07, 6.45) is 4.60. The number of hydrogen-bond acceptors (Lipinski definition) is 0. The fourth-order valence-corrected chi connectivity index (χ4v) is 3.80. The molecule has 0 N–H and O–H groups in total. The van der Waals surface area contributed by atoms with E-state index in [1.807, 2.05) is 0 Å². The van der Waals surface area contributed by atoms with Gasteiger partial charge in [-0.3, -0.25) is 0 Å². The van der Waals surface area contributed by atoms with E-state index in [4.69, 9.17) is 0 Å². The molecule has 0 nitrogen and oxygen atoms in total. The standard InChI is InChI=1S/C28H24/c1-5-13-23(14-6-1)21-22-27(24-15-7-2-8-16-24)28(25-17-9-3-10-18-25)26-19-11-4-12-20-26/h1-22,27-28H/b22-21+. The van der Waals surface area contributed by atoms with Crippen LogP contribution in [0.5, 0.6) is 0 Å². The van der Waals surface area contributed by atoms with Gasteiger partial charge in [-0.05, 0) is 22.3 Å². The van der Waals surface area contributed by atoms with E-state index in [2.05, 4.69) is 133 Å². The highest BCUT2D eigenvalue weighted by molar-refractivity contribution is 5.52. The van der Waals surface area contributed by atoms with Crippen molar-refractivity contribution >= 4 is 6.08 Å². The molecule has 0 aliphatic carbocycles. The predicted molar refractivity (Wildman–Crippen MR) is 119 cm³/mol. The summed E-state index contributed by atoms with van der Waals surface area (Å²) in [4.78, 5) is 0. The molecule has 0 radical (unpaired) electrons. The summed E-state index contributed by atoms with van der Waals surface area (Å²) < 4.78 is 0. The van der Waals surface area contributed by atoms with Gasteiger partial charge in [0.2, 0.25) is 0 Å². The predicted octanol–water partition coefficient (Wildman–Crippen LogP) is 7.32. The maximum atomic E-state index is 2.36. The zero-order valence-corrected chi connectivity index (χ0v) is 15.9. The van der Waals surface area contributed by atoms with Crippen LogP contribution in [0.25, 0.3) is 6.08 Å². The van der Waals surface area contributed by atoms with Gasteiger partial charge >= 0.3 is 0 Å². The largest absolute Gasteiger partial charge is 0.0755 e. The molecule has 28 heavy (non-hydrogen) atoms. The fraction of sp³-hybridized carbons (Fsp3) is 0.0714. The van der Waals surface area contributed by atoms with Crippen LogP contribution in [0.2, 0.25) is 0 Å². The van der Waals surface area contributed by atoms with E-state index in [0.29, 0.717) is 0 Å². The van der Waals surface area contributed by atoms with Crippen molar-refractivity contribution in [2.75, 3.05) is 0 Å². The second-order valence-corrected chi connectivity index (χ2v) is 7.01. The molecule has 0 spiro atoms. The van der Waals surface area contributed by atoms with Crippen molar-refractivity contribution in [3.8, 4) is 0 Å². The lowest BCUT2D eigenvalue weighted by molar-refractivity contribution is 0.717. The molecule has 1 unspecified atom stereocenters. The van der Waals surface area contributed by atoms with Gasteiger partial charge in [0, 0.05) is 11.8 Å². The average molecular weight is 361 g/mol. The molecule has 0 heteroatoms. The Labute approximate surface area is 167 Å². The van der Waals surface area contributed by atoms with E-state index in [-0.39, 0.29) is 11.8 Å². The third kappa shape index (κ3) is 4.29. The highest BCUT2D eigenvalue weighted by Crippen LogP contribution is 2.39. The minimum Gasteiger partial charge on any atom is -0.0755 e. The van der Waals surface area contributed by atoms with Crippen molar-refractivity contribution in [2.45, 2.75) is 11.8 Å². The van der Waals surface area contributed by atoms with Gasteiger partial charge in [0.05, 0.1) is 0 Å². The summed E-state index contributed by atoms with van der Waals surface area (Å²) in [5, 5.41) is 0. The molecule has 4 rings (SSSR count). The molecule has 0 aromatic heterocycles. The van der Waals surface area contributed by atoms with Crippen LogP contribution in [-0.2, 0) is 0 Å². The molecule has 0 saturated heterocycles. The number of rotatable bonds is 6. The normalized spacial score (nSPS) is 12.3. The first kappa shape index (κ1) is 18.0. The van der Waals surface area contributed by atoms with Gasteiger partial charge in [-0.1, -0.05) is 133 Å². The van der Waals surface area contributed by atoms with Crippen LogP contribution < -0.4 is 0 Å². The highest BCUT2D eigenvalue weighted by atomic mass is 14.3. The van der Waals surface area contributed by atoms with E-state index >= 15 is 0 Å². The molecule has 0 fully saturated rings. The zero-order chi connectivity index (χ0) is 19.0. The third-order valence-electron chi connectivity index (χ3n) is 5.16. The molecule has 4 aromatic carbocycles. The summed E-state index contributed by atoms with van der Waals surface area (Å²) in [5.41, 5.74) is 5.22. The summed E-state index contributed by atoms with van der Waals surface area (Å²) in [7, 11) is 0. The van der Waals surface area contributed by atoms with Crippen LogP contribution in [0.4, 0.5) is 0 Å². The van der Waals surface area contributed by atoms with Gasteiger partial charge < -0.3 is 0 Å². The minimum absolute atomic E-state index is 0.242. The summed E-state index contributed by atoms with van der Waals surface area (Å²) >= 11 is 0. The number of hydrogen-bond donors (Lipinski definition) is 0. The Kier molecular flexibility index (Phi) is 5.80. The Morgan fingerprint density at radius 3 is 1.29 bits per heavy atom. The molecule has 136 valence electrons. The van der Waals surface area contributed by atoms with Crippen molar-refractivity contribution < 1.29 is 0 Å². The summed E-state index contributed by atoms with van der Waals surface area (Å²) in [5.74, 6) is 0.496. The highest BCUT2D eigenvalue weighted by Gasteiger charge is 2.24. The van der Waals surface area contributed by atoms with Crippen LogP contribution in [0.3, 0.4) is 0 Å². The monoisotopic (exact) mass is 360 g/mol. The van der Waals surface area contributed by atoms with Crippen LogP contribution in [-0.4, -0.2) is 0 Å². The van der Waals surface area contributed by atoms with E-state index in [9.17, 15) is 0 Å². The molecule has 4 aromatic rings.